The number of non-ortho nitro benzene ring substituents is 1. The van der Waals surface area contributed by atoms with Crippen LogP contribution in [0.1, 0.15) is 41.4 Å². The summed E-state index contributed by atoms with van der Waals surface area (Å²) >= 11 is 0. The van der Waals surface area contributed by atoms with Crippen molar-refractivity contribution < 1.29 is 14.8 Å². The third-order valence-corrected chi connectivity index (χ3v) is 4.59. The Hall–Kier alpha value is -3.99. The van der Waals surface area contributed by atoms with Gasteiger partial charge in [-0.05, 0) is 31.5 Å². The Morgan fingerprint density at radius 2 is 2.04 bits per heavy atom. The molecule has 0 saturated heterocycles. The normalized spacial score (nSPS) is 16.4. The molecule has 0 radical (unpaired) electrons. The van der Waals surface area contributed by atoms with E-state index >= 15 is 0 Å². The minimum atomic E-state index is -1.15. The van der Waals surface area contributed by atoms with E-state index in [-0.39, 0.29) is 16.9 Å². The quantitative estimate of drug-likeness (QED) is 0.616. The molecule has 8 heteroatoms. The molecule has 1 unspecified atom stereocenters. The van der Waals surface area contributed by atoms with Gasteiger partial charge in [-0.3, -0.25) is 15.1 Å². The second kappa shape index (κ2) is 7.32. The van der Waals surface area contributed by atoms with Crippen molar-refractivity contribution in [3.05, 3.63) is 86.5 Å². The fourth-order valence-corrected chi connectivity index (χ4v) is 3.40. The highest BCUT2D eigenvalue weighted by molar-refractivity contribution is 5.95. The smallest absolute Gasteiger partial charge is 0.337 e. The number of nitrogens with zero attached hydrogens (tertiary/aromatic N) is 3. The van der Waals surface area contributed by atoms with Crippen molar-refractivity contribution >= 4 is 17.2 Å². The number of hydrogen-bond acceptors (Lipinski definition) is 6. The Kier molecular flexibility index (Phi) is 4.92. The van der Waals surface area contributed by atoms with Crippen molar-refractivity contribution in [2.75, 3.05) is 0 Å². The minimum Gasteiger partial charge on any atom is -0.478 e. The molecule has 2 heterocycles. The van der Waals surface area contributed by atoms with Crippen molar-refractivity contribution in [3.8, 4) is 6.07 Å². The van der Waals surface area contributed by atoms with Gasteiger partial charge in [0.2, 0.25) is 0 Å². The molecular formula is C20H16N4O4. The fraction of sp³-hybridized carbons (Fsp3) is 0.150. The molecule has 28 heavy (non-hydrogen) atoms. The lowest BCUT2D eigenvalue weighted by molar-refractivity contribution is -0.384. The fourth-order valence-electron chi connectivity index (χ4n) is 3.40. The predicted molar refractivity (Wildman–Crippen MR) is 101 cm³/mol. The molecule has 1 aromatic heterocycles. The van der Waals surface area contributed by atoms with Crippen molar-refractivity contribution in [3.63, 3.8) is 0 Å². The Bertz CT molecular complexity index is 1100. The molecule has 2 aromatic rings. The maximum absolute atomic E-state index is 11.7. The maximum atomic E-state index is 11.7. The Morgan fingerprint density at radius 1 is 1.29 bits per heavy atom. The molecule has 0 saturated carbocycles. The van der Waals surface area contributed by atoms with Gasteiger partial charge < -0.3 is 10.4 Å². The highest BCUT2D eigenvalue weighted by Crippen LogP contribution is 2.43. The van der Waals surface area contributed by atoms with E-state index in [1.54, 1.807) is 26.0 Å². The van der Waals surface area contributed by atoms with Crippen molar-refractivity contribution in [1.29, 1.82) is 5.26 Å². The lowest BCUT2D eigenvalue weighted by Crippen LogP contribution is -2.24. The number of nitro groups is 1. The molecule has 140 valence electrons. The van der Waals surface area contributed by atoms with Crippen LogP contribution in [0.5, 0.6) is 0 Å². The average molecular weight is 376 g/mol. The van der Waals surface area contributed by atoms with Gasteiger partial charge in [0.1, 0.15) is 0 Å². The number of nitrogens with one attached hydrogen (secondary N) is 1. The molecule has 0 fully saturated rings. The zero-order valence-corrected chi connectivity index (χ0v) is 15.1. The number of aromatic carboxylic acids is 1. The number of rotatable bonds is 4. The van der Waals surface area contributed by atoms with Crippen LogP contribution in [0.15, 0.2) is 59.6 Å². The molecule has 1 aromatic carbocycles. The van der Waals surface area contributed by atoms with Crippen LogP contribution in [0.25, 0.3) is 5.57 Å². The van der Waals surface area contributed by atoms with Crippen molar-refractivity contribution in [2.45, 2.75) is 19.8 Å². The first-order chi connectivity index (χ1) is 13.3. The van der Waals surface area contributed by atoms with Crippen LogP contribution in [0, 0.1) is 21.4 Å². The van der Waals surface area contributed by atoms with Crippen LogP contribution in [0.3, 0.4) is 0 Å². The van der Waals surface area contributed by atoms with Crippen LogP contribution in [-0.4, -0.2) is 21.0 Å². The first-order valence-electron chi connectivity index (χ1n) is 8.36. The highest BCUT2D eigenvalue weighted by Gasteiger charge is 2.33. The monoisotopic (exact) mass is 376 g/mol. The first kappa shape index (κ1) is 18.8. The molecule has 8 nitrogen and oxygen atoms in total. The second-order valence-corrected chi connectivity index (χ2v) is 6.30. The number of carboxylic acids is 1. The van der Waals surface area contributed by atoms with Gasteiger partial charge in [0.15, 0.2) is 0 Å². The van der Waals surface area contributed by atoms with Gasteiger partial charge in [-0.1, -0.05) is 12.1 Å². The minimum absolute atomic E-state index is 0.00840. The molecule has 0 amide bonds. The number of allylic oxidation sites excluding steroid dienone is 4. The number of nitro benzene ring substituents is 1. The molecule has 0 spiro atoms. The summed E-state index contributed by atoms with van der Waals surface area (Å²) in [5.74, 6) is -1.83. The third kappa shape index (κ3) is 3.21. The topological polar surface area (TPSA) is 129 Å². The molecule has 1 aliphatic heterocycles. The number of dihydropyridines is 1. The SMILES string of the molecule is CC1=C(C#N)C(c2cccc([N+](=O)[O-])c2)C(c2ncccc2C(=O)O)=C(C)N1. The lowest BCUT2D eigenvalue weighted by Gasteiger charge is -2.30. The molecule has 3 rings (SSSR count). The molecule has 0 aliphatic carbocycles. The number of benzene rings is 1. The Balaban J connectivity index is 2.30. The number of hydrogen-bond donors (Lipinski definition) is 2. The van der Waals surface area contributed by atoms with E-state index in [2.05, 4.69) is 16.4 Å². The van der Waals surface area contributed by atoms with Gasteiger partial charge in [0, 0.05) is 41.2 Å². The molecule has 2 N–H and O–H groups in total. The van der Waals surface area contributed by atoms with E-state index in [0.717, 1.165) is 0 Å². The van der Waals surface area contributed by atoms with Crippen LogP contribution in [0.2, 0.25) is 0 Å². The summed E-state index contributed by atoms with van der Waals surface area (Å²) in [6.45, 7) is 3.50. The number of carboxylic acid groups (broad SMARTS) is 1. The molecule has 1 aliphatic rings. The van der Waals surface area contributed by atoms with Gasteiger partial charge in [-0.25, -0.2) is 4.79 Å². The first-order valence-corrected chi connectivity index (χ1v) is 8.36. The zero-order valence-electron chi connectivity index (χ0n) is 15.1. The number of aromatic nitrogens is 1. The summed E-state index contributed by atoms with van der Waals surface area (Å²) in [5.41, 5.74) is 2.71. The lowest BCUT2D eigenvalue weighted by atomic mass is 9.78. The van der Waals surface area contributed by atoms with Gasteiger partial charge in [-0.15, -0.1) is 0 Å². The van der Waals surface area contributed by atoms with Crippen LogP contribution < -0.4 is 5.32 Å². The van der Waals surface area contributed by atoms with E-state index in [4.69, 9.17) is 0 Å². The van der Waals surface area contributed by atoms with Crippen LogP contribution >= 0.6 is 0 Å². The van der Waals surface area contributed by atoms with E-state index in [9.17, 15) is 25.3 Å². The van der Waals surface area contributed by atoms with Gasteiger partial charge in [0.05, 0.1) is 27.8 Å². The van der Waals surface area contributed by atoms with E-state index in [0.29, 0.717) is 28.1 Å². The number of carbonyl (C=O) groups is 1. The molecule has 0 bridgehead atoms. The Labute approximate surface area is 160 Å². The average Bonchev–Trinajstić information content (AvgIpc) is 2.67. The molecular weight excluding hydrogens is 360 g/mol. The van der Waals surface area contributed by atoms with Gasteiger partial charge in [-0.2, -0.15) is 5.26 Å². The maximum Gasteiger partial charge on any atom is 0.337 e. The summed E-state index contributed by atoms with van der Waals surface area (Å²) in [6, 6.07) is 11.1. The standard InChI is InChI=1S/C20H16N4O4/c1-11-16(10-21)18(13-5-3-6-14(9-13)24(27)28)17(12(2)23-11)19-15(20(25)26)7-4-8-22-19/h3-9,18,23H,1-2H3,(H,25,26). The predicted octanol–water partition coefficient (Wildman–Crippen LogP) is 3.60. The van der Waals surface area contributed by atoms with Crippen LogP contribution in [0.4, 0.5) is 5.69 Å². The van der Waals surface area contributed by atoms with E-state index < -0.39 is 16.8 Å². The van der Waals surface area contributed by atoms with Crippen LogP contribution in [-0.2, 0) is 0 Å². The summed E-state index contributed by atoms with van der Waals surface area (Å²) in [4.78, 5) is 26.7. The van der Waals surface area contributed by atoms with Crippen molar-refractivity contribution in [1.82, 2.24) is 10.3 Å². The number of pyridine rings is 1. The van der Waals surface area contributed by atoms with Crippen molar-refractivity contribution in [2.24, 2.45) is 0 Å². The van der Waals surface area contributed by atoms with Gasteiger partial charge in [0.25, 0.3) is 5.69 Å². The largest absolute Gasteiger partial charge is 0.478 e. The van der Waals surface area contributed by atoms with E-state index in [1.807, 2.05) is 0 Å². The van der Waals surface area contributed by atoms with Gasteiger partial charge >= 0.3 is 5.97 Å². The summed E-state index contributed by atoms with van der Waals surface area (Å²) in [5, 5.41) is 33.7. The second-order valence-electron chi connectivity index (χ2n) is 6.30. The Morgan fingerprint density at radius 3 is 2.68 bits per heavy atom. The summed E-state index contributed by atoms with van der Waals surface area (Å²) in [6.07, 6.45) is 1.48. The summed E-state index contributed by atoms with van der Waals surface area (Å²) < 4.78 is 0. The zero-order chi connectivity index (χ0) is 20.4. The van der Waals surface area contributed by atoms with E-state index in [1.165, 1.54) is 30.5 Å². The summed E-state index contributed by atoms with van der Waals surface area (Å²) in [7, 11) is 0. The third-order valence-electron chi connectivity index (χ3n) is 4.59. The molecule has 1 atom stereocenters. The number of nitriles is 1. The highest BCUT2D eigenvalue weighted by atomic mass is 16.6.